The van der Waals surface area contributed by atoms with Gasteiger partial charge in [-0.1, -0.05) is 0 Å². The van der Waals surface area contributed by atoms with Crippen LogP contribution in [0.5, 0.6) is 0 Å². The number of hydrogen-bond acceptors (Lipinski definition) is 2. The summed E-state index contributed by atoms with van der Waals surface area (Å²) in [6, 6.07) is 0.481. The van der Waals surface area contributed by atoms with E-state index in [-0.39, 0.29) is 12.4 Å². The summed E-state index contributed by atoms with van der Waals surface area (Å²) < 4.78 is 5.37. The van der Waals surface area contributed by atoms with Crippen LogP contribution in [0.2, 0.25) is 0 Å². The maximum atomic E-state index is 5.69. The molecule has 1 atom stereocenters. The Hall–Kier alpha value is 0.790. The van der Waals surface area contributed by atoms with Crippen molar-refractivity contribution >= 4 is 35.6 Å². The van der Waals surface area contributed by atoms with E-state index in [1.165, 1.54) is 0 Å². The minimum absolute atomic E-state index is 0. The van der Waals surface area contributed by atoms with Crippen LogP contribution < -0.4 is 0 Å². The molecule has 0 aromatic carbocycles. The number of alkyl halides is 2. The molecule has 1 aliphatic rings. The first-order valence-electron chi connectivity index (χ1n) is 4.32. The maximum Gasteiger partial charge on any atom is 0.0622 e. The van der Waals surface area contributed by atoms with Crippen molar-refractivity contribution in [3.05, 3.63) is 0 Å². The second-order valence-corrected chi connectivity index (χ2v) is 3.69. The van der Waals surface area contributed by atoms with Crippen molar-refractivity contribution in [3.63, 3.8) is 0 Å². The number of rotatable bonds is 4. The number of ether oxygens (including phenoxy) is 1. The highest BCUT2D eigenvalue weighted by Gasteiger charge is 2.21. The average molecular weight is 249 g/mol. The van der Waals surface area contributed by atoms with E-state index >= 15 is 0 Å². The Morgan fingerprint density at radius 1 is 1.31 bits per heavy atom. The van der Waals surface area contributed by atoms with Gasteiger partial charge in [-0.05, 0) is 6.42 Å². The van der Waals surface area contributed by atoms with E-state index in [1.54, 1.807) is 0 Å². The van der Waals surface area contributed by atoms with Crippen molar-refractivity contribution in [2.75, 3.05) is 38.1 Å². The highest BCUT2D eigenvalue weighted by atomic mass is 35.5. The van der Waals surface area contributed by atoms with Gasteiger partial charge in [0, 0.05) is 30.9 Å². The molecule has 0 amide bonds. The highest BCUT2D eigenvalue weighted by Crippen LogP contribution is 2.10. The molecule has 1 fully saturated rings. The van der Waals surface area contributed by atoms with Crippen molar-refractivity contribution in [3.8, 4) is 0 Å². The molecule has 2 nitrogen and oxygen atoms in total. The smallest absolute Gasteiger partial charge is 0.0622 e. The molecule has 1 unspecified atom stereocenters. The average Bonchev–Trinajstić information content (AvgIpc) is 2.09. The third-order valence-corrected chi connectivity index (χ3v) is 2.55. The van der Waals surface area contributed by atoms with Crippen LogP contribution in [0, 0.1) is 0 Å². The highest BCUT2D eigenvalue weighted by molar-refractivity contribution is 6.18. The summed E-state index contributed by atoms with van der Waals surface area (Å²) in [6.07, 6.45) is 0.998. The van der Waals surface area contributed by atoms with Crippen LogP contribution in [-0.2, 0) is 4.74 Å². The molecule has 0 bridgehead atoms. The molecule has 1 rings (SSSR count). The van der Waals surface area contributed by atoms with Gasteiger partial charge in [0.25, 0.3) is 0 Å². The lowest BCUT2D eigenvalue weighted by Gasteiger charge is -2.34. The van der Waals surface area contributed by atoms with Crippen molar-refractivity contribution in [2.24, 2.45) is 0 Å². The van der Waals surface area contributed by atoms with Crippen LogP contribution in [0.3, 0.4) is 0 Å². The van der Waals surface area contributed by atoms with E-state index in [4.69, 9.17) is 27.9 Å². The molecule has 0 aliphatic carbocycles. The molecular weight excluding hydrogens is 232 g/mol. The number of halogens is 3. The topological polar surface area (TPSA) is 12.5 Å². The molecule has 1 heterocycles. The van der Waals surface area contributed by atoms with Gasteiger partial charge in [-0.3, -0.25) is 4.90 Å². The zero-order valence-corrected chi connectivity index (χ0v) is 9.88. The summed E-state index contributed by atoms with van der Waals surface area (Å²) in [5, 5.41) is 0. The van der Waals surface area contributed by atoms with Gasteiger partial charge in [-0.25, -0.2) is 0 Å². The molecule has 0 aromatic heterocycles. The van der Waals surface area contributed by atoms with Gasteiger partial charge in [0.1, 0.15) is 0 Å². The van der Waals surface area contributed by atoms with Gasteiger partial charge in [-0.2, -0.15) is 0 Å². The van der Waals surface area contributed by atoms with Gasteiger partial charge in [0.05, 0.1) is 13.2 Å². The summed E-state index contributed by atoms with van der Waals surface area (Å²) in [5.41, 5.74) is 0. The molecule has 0 saturated carbocycles. The summed E-state index contributed by atoms with van der Waals surface area (Å²) in [5.74, 6) is 1.39. The summed E-state index contributed by atoms with van der Waals surface area (Å²) >= 11 is 11.4. The summed E-state index contributed by atoms with van der Waals surface area (Å²) in [4.78, 5) is 2.36. The molecule has 1 aliphatic heterocycles. The van der Waals surface area contributed by atoms with Gasteiger partial charge in [-0.15, -0.1) is 35.6 Å². The van der Waals surface area contributed by atoms with Crippen LogP contribution in [0.15, 0.2) is 0 Å². The SMILES string of the molecule is Cl.ClCCC1COCCN1CCCl. The first-order chi connectivity index (χ1) is 5.88. The summed E-state index contributed by atoms with van der Waals surface area (Å²) in [6.45, 7) is 3.58. The van der Waals surface area contributed by atoms with E-state index in [0.29, 0.717) is 17.8 Å². The van der Waals surface area contributed by atoms with E-state index < -0.39 is 0 Å². The quantitative estimate of drug-likeness (QED) is 0.706. The number of nitrogens with zero attached hydrogens (tertiary/aromatic N) is 1. The Balaban J connectivity index is 0.00000144. The van der Waals surface area contributed by atoms with E-state index in [1.807, 2.05) is 0 Å². The molecule has 0 N–H and O–H groups in total. The van der Waals surface area contributed by atoms with E-state index in [2.05, 4.69) is 4.90 Å². The van der Waals surface area contributed by atoms with Crippen LogP contribution in [0.25, 0.3) is 0 Å². The largest absolute Gasteiger partial charge is 0.378 e. The van der Waals surface area contributed by atoms with Gasteiger partial charge in [0.15, 0.2) is 0 Å². The van der Waals surface area contributed by atoms with Crippen LogP contribution in [-0.4, -0.2) is 49.0 Å². The van der Waals surface area contributed by atoms with Crippen molar-refractivity contribution in [1.82, 2.24) is 4.90 Å². The zero-order chi connectivity index (χ0) is 8.81. The van der Waals surface area contributed by atoms with Crippen LogP contribution >= 0.6 is 35.6 Å². The van der Waals surface area contributed by atoms with Gasteiger partial charge in [0.2, 0.25) is 0 Å². The Morgan fingerprint density at radius 2 is 2.08 bits per heavy atom. The maximum absolute atomic E-state index is 5.69. The monoisotopic (exact) mass is 247 g/mol. The number of hydrogen-bond donors (Lipinski definition) is 0. The third-order valence-electron chi connectivity index (χ3n) is 2.16. The summed E-state index contributed by atoms with van der Waals surface area (Å²) in [7, 11) is 0. The van der Waals surface area contributed by atoms with E-state index in [9.17, 15) is 0 Å². The lowest BCUT2D eigenvalue weighted by molar-refractivity contribution is -0.00516. The molecule has 0 spiro atoms. The minimum Gasteiger partial charge on any atom is -0.378 e. The van der Waals surface area contributed by atoms with Crippen molar-refractivity contribution < 1.29 is 4.74 Å². The van der Waals surface area contributed by atoms with E-state index in [0.717, 1.165) is 32.7 Å². The zero-order valence-electron chi connectivity index (χ0n) is 7.55. The Labute approximate surface area is 95.9 Å². The predicted octanol–water partition coefficient (Wildman–Crippen LogP) is 1.98. The lowest BCUT2D eigenvalue weighted by Crippen LogP contribution is -2.46. The Kier molecular flexibility index (Phi) is 8.62. The van der Waals surface area contributed by atoms with Crippen molar-refractivity contribution in [1.29, 1.82) is 0 Å². The Morgan fingerprint density at radius 3 is 2.69 bits per heavy atom. The number of morpholine rings is 1. The first-order valence-corrected chi connectivity index (χ1v) is 5.39. The molecule has 0 radical (unpaired) electrons. The fourth-order valence-corrected chi connectivity index (χ4v) is 1.95. The lowest BCUT2D eigenvalue weighted by atomic mass is 10.2. The van der Waals surface area contributed by atoms with Gasteiger partial charge < -0.3 is 4.74 Å². The fourth-order valence-electron chi connectivity index (χ4n) is 1.48. The standard InChI is InChI=1S/C8H15Cl2NO.ClH/c9-2-1-8-7-12-6-5-11(8)4-3-10;/h8H,1-7H2;1H. The van der Waals surface area contributed by atoms with Gasteiger partial charge >= 0.3 is 0 Å². The van der Waals surface area contributed by atoms with Crippen LogP contribution in [0.4, 0.5) is 0 Å². The predicted molar refractivity (Wildman–Crippen MR) is 59.5 cm³/mol. The van der Waals surface area contributed by atoms with Crippen molar-refractivity contribution in [2.45, 2.75) is 12.5 Å². The molecule has 13 heavy (non-hydrogen) atoms. The minimum atomic E-state index is 0. The first kappa shape index (κ1) is 13.8. The second-order valence-electron chi connectivity index (χ2n) is 2.93. The Bertz CT molecular complexity index is 108. The molecule has 0 aromatic rings. The molecule has 5 heteroatoms. The van der Waals surface area contributed by atoms with Crippen LogP contribution in [0.1, 0.15) is 6.42 Å². The third kappa shape index (κ3) is 4.71. The molecular formula is C8H16Cl3NO. The molecule has 80 valence electrons. The normalized spacial score (nSPS) is 24.0. The second kappa shape index (κ2) is 8.13. The molecule has 1 saturated heterocycles. The fraction of sp³-hybridized carbons (Fsp3) is 1.00.